The molecule has 0 radical (unpaired) electrons. The number of hydrogen-bond donors (Lipinski definition) is 1. The van der Waals surface area contributed by atoms with Crippen LogP contribution in [0.3, 0.4) is 0 Å². The second-order valence-electron chi connectivity index (χ2n) is 4.43. The lowest BCUT2D eigenvalue weighted by Crippen LogP contribution is -2.38. The second kappa shape index (κ2) is 6.97. The SMILES string of the molecule is C=CCCC(=O)N(C)[C@@H](C)[C@@H](O)c1ccccc1. The molecule has 1 N–H and O–H groups in total. The Bertz CT molecular complexity index is 389. The monoisotopic (exact) mass is 247 g/mol. The van der Waals surface area contributed by atoms with E-state index in [4.69, 9.17) is 0 Å². The molecule has 3 nitrogen and oxygen atoms in total. The van der Waals surface area contributed by atoms with Gasteiger partial charge < -0.3 is 10.0 Å². The summed E-state index contributed by atoms with van der Waals surface area (Å²) in [5.41, 5.74) is 0.827. The molecule has 3 heteroatoms. The Morgan fingerprint density at radius 3 is 2.61 bits per heavy atom. The molecule has 0 unspecified atom stereocenters. The first-order chi connectivity index (χ1) is 8.57. The van der Waals surface area contributed by atoms with Gasteiger partial charge in [0.1, 0.15) is 0 Å². The zero-order valence-corrected chi connectivity index (χ0v) is 11.0. The fourth-order valence-corrected chi connectivity index (χ4v) is 1.77. The molecular formula is C15H21NO2. The molecule has 2 atom stereocenters. The third kappa shape index (κ3) is 3.70. The first-order valence-electron chi connectivity index (χ1n) is 6.17. The number of allylic oxidation sites excluding steroid dienone is 1. The number of carbonyl (C=O) groups is 1. The lowest BCUT2D eigenvalue weighted by Gasteiger charge is -2.29. The molecule has 0 spiro atoms. The molecule has 0 aliphatic rings. The van der Waals surface area contributed by atoms with Crippen molar-refractivity contribution in [3.8, 4) is 0 Å². The van der Waals surface area contributed by atoms with Crippen LogP contribution in [0.1, 0.15) is 31.4 Å². The molecule has 0 aliphatic carbocycles. The van der Waals surface area contributed by atoms with Crippen molar-refractivity contribution in [2.24, 2.45) is 0 Å². The summed E-state index contributed by atoms with van der Waals surface area (Å²) in [5, 5.41) is 10.2. The summed E-state index contributed by atoms with van der Waals surface area (Å²) in [7, 11) is 1.72. The van der Waals surface area contributed by atoms with Crippen LogP contribution in [-0.4, -0.2) is 29.0 Å². The van der Waals surface area contributed by atoms with Gasteiger partial charge in [-0.05, 0) is 18.9 Å². The van der Waals surface area contributed by atoms with E-state index in [0.29, 0.717) is 12.8 Å². The van der Waals surface area contributed by atoms with Crippen molar-refractivity contribution in [1.82, 2.24) is 4.90 Å². The molecule has 0 aromatic heterocycles. The van der Waals surface area contributed by atoms with Crippen LogP contribution in [-0.2, 0) is 4.79 Å². The molecule has 18 heavy (non-hydrogen) atoms. The van der Waals surface area contributed by atoms with Gasteiger partial charge in [0.05, 0.1) is 12.1 Å². The first-order valence-corrected chi connectivity index (χ1v) is 6.17. The Hall–Kier alpha value is -1.61. The van der Waals surface area contributed by atoms with Crippen LogP contribution in [0.5, 0.6) is 0 Å². The molecular weight excluding hydrogens is 226 g/mol. The van der Waals surface area contributed by atoms with Gasteiger partial charge in [0.2, 0.25) is 5.91 Å². The fraction of sp³-hybridized carbons (Fsp3) is 0.400. The maximum atomic E-state index is 11.8. The quantitative estimate of drug-likeness (QED) is 0.785. The average Bonchev–Trinajstić information content (AvgIpc) is 2.43. The lowest BCUT2D eigenvalue weighted by atomic mass is 10.0. The van der Waals surface area contributed by atoms with Gasteiger partial charge in [-0.2, -0.15) is 0 Å². The zero-order valence-electron chi connectivity index (χ0n) is 11.0. The highest BCUT2D eigenvalue weighted by Crippen LogP contribution is 2.20. The van der Waals surface area contributed by atoms with E-state index in [9.17, 15) is 9.90 Å². The Morgan fingerprint density at radius 1 is 1.44 bits per heavy atom. The highest BCUT2D eigenvalue weighted by molar-refractivity contribution is 5.76. The average molecular weight is 247 g/mol. The summed E-state index contributed by atoms with van der Waals surface area (Å²) < 4.78 is 0. The minimum atomic E-state index is -0.663. The van der Waals surface area contributed by atoms with E-state index < -0.39 is 6.10 Å². The number of hydrogen-bond acceptors (Lipinski definition) is 2. The maximum absolute atomic E-state index is 11.8. The van der Waals surface area contributed by atoms with Crippen molar-refractivity contribution in [2.45, 2.75) is 31.9 Å². The van der Waals surface area contributed by atoms with Crippen molar-refractivity contribution in [3.63, 3.8) is 0 Å². The largest absolute Gasteiger partial charge is 0.386 e. The van der Waals surface area contributed by atoms with Gasteiger partial charge in [0, 0.05) is 13.5 Å². The Labute approximate surface area is 109 Å². The van der Waals surface area contributed by atoms with Crippen LogP contribution in [0.25, 0.3) is 0 Å². The van der Waals surface area contributed by atoms with Crippen LogP contribution < -0.4 is 0 Å². The predicted octanol–water partition coefficient (Wildman–Crippen LogP) is 2.53. The van der Waals surface area contributed by atoms with Crippen LogP contribution in [0.2, 0.25) is 0 Å². The van der Waals surface area contributed by atoms with Gasteiger partial charge in [-0.3, -0.25) is 4.79 Å². The highest BCUT2D eigenvalue weighted by atomic mass is 16.3. The van der Waals surface area contributed by atoms with E-state index in [-0.39, 0.29) is 11.9 Å². The number of aliphatic hydroxyl groups is 1. The van der Waals surface area contributed by atoms with Crippen molar-refractivity contribution < 1.29 is 9.90 Å². The molecule has 0 heterocycles. The maximum Gasteiger partial charge on any atom is 0.222 e. The molecule has 0 fully saturated rings. The number of carbonyl (C=O) groups excluding carboxylic acids is 1. The van der Waals surface area contributed by atoms with Crippen molar-refractivity contribution in [1.29, 1.82) is 0 Å². The van der Waals surface area contributed by atoms with Crippen LogP contribution in [0.15, 0.2) is 43.0 Å². The van der Waals surface area contributed by atoms with Crippen LogP contribution >= 0.6 is 0 Å². The molecule has 0 aliphatic heterocycles. The Balaban J connectivity index is 2.65. The highest BCUT2D eigenvalue weighted by Gasteiger charge is 2.23. The van der Waals surface area contributed by atoms with Crippen molar-refractivity contribution in [3.05, 3.63) is 48.6 Å². The lowest BCUT2D eigenvalue weighted by molar-refractivity contribution is -0.133. The summed E-state index contributed by atoms with van der Waals surface area (Å²) in [4.78, 5) is 13.4. The van der Waals surface area contributed by atoms with E-state index >= 15 is 0 Å². The summed E-state index contributed by atoms with van der Waals surface area (Å²) in [5.74, 6) is 0.0254. The molecule has 0 saturated carbocycles. The Kier molecular flexibility index (Phi) is 5.59. The van der Waals surface area contributed by atoms with Crippen molar-refractivity contribution >= 4 is 5.91 Å². The number of amides is 1. The topological polar surface area (TPSA) is 40.5 Å². The van der Waals surface area contributed by atoms with E-state index in [1.54, 1.807) is 18.0 Å². The molecule has 98 valence electrons. The summed E-state index contributed by atoms with van der Waals surface area (Å²) in [6.07, 6.45) is 2.16. The molecule has 0 bridgehead atoms. The van der Waals surface area contributed by atoms with E-state index in [1.807, 2.05) is 37.3 Å². The summed E-state index contributed by atoms with van der Waals surface area (Å²) in [6, 6.07) is 9.15. The summed E-state index contributed by atoms with van der Waals surface area (Å²) >= 11 is 0. The molecule has 1 rings (SSSR count). The minimum Gasteiger partial charge on any atom is -0.386 e. The van der Waals surface area contributed by atoms with E-state index in [1.165, 1.54) is 0 Å². The van der Waals surface area contributed by atoms with Crippen LogP contribution in [0, 0.1) is 0 Å². The molecule has 1 aromatic rings. The van der Waals surface area contributed by atoms with Gasteiger partial charge in [-0.25, -0.2) is 0 Å². The predicted molar refractivity (Wildman–Crippen MR) is 73.1 cm³/mol. The third-order valence-electron chi connectivity index (χ3n) is 3.16. The standard InChI is InChI=1S/C15H21NO2/c1-4-5-11-14(17)16(3)12(2)15(18)13-9-7-6-8-10-13/h4,6-10,12,15,18H,1,5,11H2,2-3H3/t12-,15+/m0/s1. The molecule has 1 aromatic carbocycles. The molecule has 1 amide bonds. The van der Waals surface area contributed by atoms with Gasteiger partial charge in [-0.15, -0.1) is 6.58 Å². The summed E-state index contributed by atoms with van der Waals surface area (Å²) in [6.45, 7) is 5.45. The number of rotatable bonds is 6. The van der Waals surface area contributed by atoms with Crippen molar-refractivity contribution in [2.75, 3.05) is 7.05 Å². The van der Waals surface area contributed by atoms with Gasteiger partial charge >= 0.3 is 0 Å². The normalized spacial score (nSPS) is 13.7. The smallest absolute Gasteiger partial charge is 0.222 e. The number of nitrogens with zero attached hydrogens (tertiary/aromatic N) is 1. The fourth-order valence-electron chi connectivity index (χ4n) is 1.77. The third-order valence-corrected chi connectivity index (χ3v) is 3.16. The number of benzene rings is 1. The number of likely N-dealkylation sites (N-methyl/N-ethyl adjacent to an activating group) is 1. The van der Waals surface area contributed by atoms with Gasteiger partial charge in [-0.1, -0.05) is 36.4 Å². The van der Waals surface area contributed by atoms with Gasteiger partial charge in [0.15, 0.2) is 0 Å². The number of aliphatic hydroxyl groups excluding tert-OH is 1. The molecule has 0 saturated heterocycles. The minimum absolute atomic E-state index is 0.0254. The van der Waals surface area contributed by atoms with Crippen LogP contribution in [0.4, 0.5) is 0 Å². The van der Waals surface area contributed by atoms with E-state index in [0.717, 1.165) is 5.56 Å². The first kappa shape index (κ1) is 14.5. The van der Waals surface area contributed by atoms with E-state index in [2.05, 4.69) is 6.58 Å². The second-order valence-corrected chi connectivity index (χ2v) is 4.43. The zero-order chi connectivity index (χ0) is 13.5. The Morgan fingerprint density at radius 2 is 2.06 bits per heavy atom. The van der Waals surface area contributed by atoms with Gasteiger partial charge in [0.25, 0.3) is 0 Å².